The maximum absolute atomic E-state index is 14.1. The number of rotatable bonds is 8. The first kappa shape index (κ1) is 27.4. The smallest absolute Gasteiger partial charge is 0.378 e. The Morgan fingerprint density at radius 2 is 1.92 bits per heavy atom. The Bertz CT molecular complexity index is 1330. The SMILES string of the molecule is CCO[C@H]1CN(c2ccccn2)C[C@H]1Nc1c(CC)nc(-c2ccc(N(C)C)cc2C(F)(F)F)n(C)c1=O. The molecule has 1 saturated heterocycles. The van der Waals surface area contributed by atoms with Gasteiger partial charge in [-0.1, -0.05) is 13.0 Å². The zero-order valence-electron chi connectivity index (χ0n) is 22.2. The van der Waals surface area contributed by atoms with Crippen LogP contribution in [0.5, 0.6) is 0 Å². The minimum Gasteiger partial charge on any atom is -0.378 e. The molecule has 3 heterocycles. The van der Waals surface area contributed by atoms with Crippen LogP contribution in [0.1, 0.15) is 25.1 Å². The summed E-state index contributed by atoms with van der Waals surface area (Å²) in [6.07, 6.45) is -2.75. The highest BCUT2D eigenvalue weighted by atomic mass is 19.4. The molecule has 2 aromatic heterocycles. The fraction of sp³-hybridized carbons (Fsp3) is 0.444. The summed E-state index contributed by atoms with van der Waals surface area (Å²) in [5.74, 6) is 0.775. The van der Waals surface area contributed by atoms with E-state index in [0.29, 0.717) is 37.5 Å². The Balaban J connectivity index is 1.74. The molecule has 0 spiro atoms. The Hall–Kier alpha value is -3.60. The third kappa shape index (κ3) is 5.47. The fourth-order valence-corrected chi connectivity index (χ4v) is 4.74. The zero-order valence-corrected chi connectivity index (χ0v) is 22.2. The fourth-order valence-electron chi connectivity index (χ4n) is 4.74. The molecule has 0 amide bonds. The minimum absolute atomic E-state index is 0.0297. The lowest BCUT2D eigenvalue weighted by Gasteiger charge is -2.23. The number of hydrogen-bond donors (Lipinski definition) is 1. The largest absolute Gasteiger partial charge is 0.417 e. The maximum atomic E-state index is 14.1. The molecular formula is C27H33F3N6O2. The van der Waals surface area contributed by atoms with Crippen molar-refractivity contribution in [3.05, 3.63) is 64.2 Å². The summed E-state index contributed by atoms with van der Waals surface area (Å²) in [5.41, 5.74) is -0.344. The summed E-state index contributed by atoms with van der Waals surface area (Å²) in [7, 11) is 4.79. The van der Waals surface area contributed by atoms with Gasteiger partial charge in [0.05, 0.1) is 23.4 Å². The lowest BCUT2D eigenvalue weighted by Crippen LogP contribution is -2.38. The second-order valence-electron chi connectivity index (χ2n) is 9.43. The van der Waals surface area contributed by atoms with Crippen LogP contribution in [0.2, 0.25) is 0 Å². The molecule has 2 atom stereocenters. The van der Waals surface area contributed by atoms with E-state index in [1.807, 2.05) is 32.0 Å². The molecule has 11 heteroatoms. The highest BCUT2D eigenvalue weighted by Gasteiger charge is 2.37. The van der Waals surface area contributed by atoms with Gasteiger partial charge in [0.15, 0.2) is 0 Å². The van der Waals surface area contributed by atoms with Gasteiger partial charge in [0, 0.05) is 58.3 Å². The first-order valence-electron chi connectivity index (χ1n) is 12.6. The third-order valence-corrected chi connectivity index (χ3v) is 6.72. The van der Waals surface area contributed by atoms with Crippen molar-refractivity contribution in [3.8, 4) is 11.4 Å². The molecule has 3 aromatic rings. The van der Waals surface area contributed by atoms with Gasteiger partial charge in [-0.05, 0) is 43.7 Å². The summed E-state index contributed by atoms with van der Waals surface area (Å²) in [6, 6.07) is 9.47. The number of benzene rings is 1. The standard InChI is InChI=1S/C27H33F3N6O2/c1-6-20-24(32-21-15-36(16-22(21)38-7-2)23-10-8-9-13-31-23)26(37)35(5)25(33-20)18-12-11-17(34(3)4)14-19(18)27(28,29)30/h8-14,21-22,32H,6-7,15-16H2,1-5H3/t21-,22+/m1/s1. The van der Waals surface area contributed by atoms with E-state index in [1.165, 1.54) is 17.7 Å². The molecule has 0 bridgehead atoms. The maximum Gasteiger partial charge on any atom is 0.417 e. The summed E-state index contributed by atoms with van der Waals surface area (Å²) in [5, 5.41) is 3.33. The Morgan fingerprint density at radius 3 is 2.53 bits per heavy atom. The molecule has 38 heavy (non-hydrogen) atoms. The predicted molar refractivity (Wildman–Crippen MR) is 143 cm³/mol. The van der Waals surface area contributed by atoms with Crippen molar-refractivity contribution in [1.29, 1.82) is 0 Å². The average molecular weight is 531 g/mol. The Labute approximate surface area is 220 Å². The first-order valence-corrected chi connectivity index (χ1v) is 12.6. The topological polar surface area (TPSA) is 75.5 Å². The van der Waals surface area contributed by atoms with Crippen LogP contribution in [0.3, 0.4) is 0 Å². The van der Waals surface area contributed by atoms with Gasteiger partial charge in [-0.3, -0.25) is 9.36 Å². The second kappa shape index (κ2) is 11.0. The second-order valence-corrected chi connectivity index (χ2v) is 9.43. The molecule has 1 aliphatic heterocycles. The molecule has 1 fully saturated rings. The number of aromatic nitrogens is 3. The van der Waals surface area contributed by atoms with Gasteiger partial charge in [0.25, 0.3) is 5.56 Å². The highest BCUT2D eigenvalue weighted by molar-refractivity contribution is 5.68. The van der Waals surface area contributed by atoms with Crippen molar-refractivity contribution in [2.75, 3.05) is 48.9 Å². The summed E-state index contributed by atoms with van der Waals surface area (Å²) < 4.78 is 49.3. The number of ether oxygens (including phenoxy) is 1. The molecule has 1 aromatic carbocycles. The summed E-state index contributed by atoms with van der Waals surface area (Å²) in [4.78, 5) is 26.3. The van der Waals surface area contributed by atoms with E-state index < -0.39 is 17.3 Å². The molecule has 0 unspecified atom stereocenters. The number of halogens is 3. The van der Waals surface area contributed by atoms with Gasteiger partial charge in [0.1, 0.15) is 17.3 Å². The van der Waals surface area contributed by atoms with Gasteiger partial charge in [0.2, 0.25) is 0 Å². The zero-order chi connectivity index (χ0) is 27.6. The van der Waals surface area contributed by atoms with E-state index in [0.717, 1.165) is 11.9 Å². The third-order valence-electron chi connectivity index (χ3n) is 6.72. The number of nitrogens with zero attached hydrogens (tertiary/aromatic N) is 5. The van der Waals surface area contributed by atoms with Crippen molar-refractivity contribution in [1.82, 2.24) is 14.5 Å². The molecule has 204 valence electrons. The molecule has 8 nitrogen and oxygen atoms in total. The number of hydrogen-bond acceptors (Lipinski definition) is 7. The van der Waals surface area contributed by atoms with E-state index in [-0.39, 0.29) is 29.2 Å². The van der Waals surface area contributed by atoms with Gasteiger partial charge in [-0.2, -0.15) is 13.2 Å². The Morgan fingerprint density at radius 1 is 1.16 bits per heavy atom. The Kier molecular flexibility index (Phi) is 7.96. The van der Waals surface area contributed by atoms with Crippen LogP contribution in [-0.4, -0.2) is 60.5 Å². The molecule has 0 aliphatic carbocycles. The van der Waals surface area contributed by atoms with Crippen LogP contribution in [-0.2, 0) is 24.4 Å². The lowest BCUT2D eigenvalue weighted by atomic mass is 10.0. The number of nitrogens with one attached hydrogen (secondary N) is 1. The van der Waals surface area contributed by atoms with Gasteiger partial charge in [-0.15, -0.1) is 0 Å². The van der Waals surface area contributed by atoms with Crippen molar-refractivity contribution >= 4 is 17.2 Å². The van der Waals surface area contributed by atoms with Crippen molar-refractivity contribution < 1.29 is 17.9 Å². The van der Waals surface area contributed by atoms with E-state index >= 15 is 0 Å². The van der Waals surface area contributed by atoms with E-state index in [9.17, 15) is 18.0 Å². The molecule has 4 rings (SSSR count). The molecule has 0 radical (unpaired) electrons. The van der Waals surface area contributed by atoms with Crippen LogP contribution < -0.4 is 20.7 Å². The van der Waals surface area contributed by atoms with Crippen molar-refractivity contribution in [2.24, 2.45) is 7.05 Å². The van der Waals surface area contributed by atoms with Crippen LogP contribution >= 0.6 is 0 Å². The highest BCUT2D eigenvalue weighted by Crippen LogP contribution is 2.38. The van der Waals surface area contributed by atoms with E-state index in [2.05, 4.69) is 20.2 Å². The molecule has 0 saturated carbocycles. The quantitative estimate of drug-likeness (QED) is 0.468. The molecule has 1 aliphatic rings. The van der Waals surface area contributed by atoms with Crippen molar-refractivity contribution in [2.45, 2.75) is 38.6 Å². The van der Waals surface area contributed by atoms with Gasteiger partial charge >= 0.3 is 6.18 Å². The van der Waals surface area contributed by atoms with Crippen LogP contribution in [0.25, 0.3) is 11.4 Å². The van der Waals surface area contributed by atoms with Crippen LogP contribution in [0.15, 0.2) is 47.4 Å². The first-order chi connectivity index (χ1) is 18.0. The summed E-state index contributed by atoms with van der Waals surface area (Å²) >= 11 is 0. The predicted octanol–water partition coefficient (Wildman–Crippen LogP) is 4.20. The average Bonchev–Trinajstić information content (AvgIpc) is 3.29. The van der Waals surface area contributed by atoms with Crippen molar-refractivity contribution in [3.63, 3.8) is 0 Å². The lowest BCUT2D eigenvalue weighted by molar-refractivity contribution is -0.137. The van der Waals surface area contributed by atoms with E-state index in [1.54, 1.807) is 31.3 Å². The number of pyridine rings is 1. The summed E-state index contributed by atoms with van der Waals surface area (Å²) in [6.45, 7) is 5.36. The number of anilines is 3. The van der Waals surface area contributed by atoms with E-state index in [4.69, 9.17) is 4.74 Å². The number of aryl methyl sites for hydroxylation is 1. The molecular weight excluding hydrogens is 497 g/mol. The minimum atomic E-state index is -4.62. The normalized spacial score (nSPS) is 17.6. The molecule has 1 N–H and O–H groups in total. The van der Waals surface area contributed by atoms with Crippen LogP contribution in [0.4, 0.5) is 30.4 Å². The van der Waals surface area contributed by atoms with Gasteiger partial charge < -0.3 is 19.9 Å². The monoisotopic (exact) mass is 530 g/mol. The van der Waals surface area contributed by atoms with Crippen LogP contribution in [0, 0.1) is 0 Å². The van der Waals surface area contributed by atoms with Gasteiger partial charge in [-0.25, -0.2) is 9.97 Å². The number of alkyl halides is 3.